The van der Waals surface area contributed by atoms with Gasteiger partial charge in [0.05, 0.1) is 6.54 Å². The second-order valence-electron chi connectivity index (χ2n) is 5.93. The number of carbonyl (C=O) groups is 1. The number of benzene rings is 1. The Bertz CT molecular complexity index is 931. The van der Waals surface area contributed by atoms with E-state index in [0.717, 1.165) is 17.5 Å². The standard InChI is InChI=1S/C19H21N5O2/c1-2-11-24-18(25)9-8-17(22-24)19(26)20-13-15-6-3-4-7-16(15)14-23-12-5-10-21-23/h3-10,12H,2,11,13-14H2,1H3,(H,20,26). The maximum atomic E-state index is 12.4. The van der Waals surface area contributed by atoms with Gasteiger partial charge < -0.3 is 5.32 Å². The third kappa shape index (κ3) is 4.24. The van der Waals surface area contributed by atoms with E-state index in [0.29, 0.717) is 19.6 Å². The highest BCUT2D eigenvalue weighted by atomic mass is 16.2. The molecule has 0 aliphatic carbocycles. The van der Waals surface area contributed by atoms with Gasteiger partial charge in [-0.25, -0.2) is 4.68 Å². The van der Waals surface area contributed by atoms with Gasteiger partial charge in [0.15, 0.2) is 0 Å². The Labute approximate surface area is 151 Å². The van der Waals surface area contributed by atoms with E-state index in [2.05, 4.69) is 15.5 Å². The molecule has 3 rings (SSSR count). The van der Waals surface area contributed by atoms with Crippen LogP contribution >= 0.6 is 0 Å². The second-order valence-corrected chi connectivity index (χ2v) is 5.93. The molecule has 3 aromatic rings. The van der Waals surface area contributed by atoms with E-state index in [9.17, 15) is 9.59 Å². The van der Waals surface area contributed by atoms with Crippen LogP contribution in [-0.2, 0) is 19.6 Å². The number of rotatable bonds is 7. The highest BCUT2D eigenvalue weighted by Gasteiger charge is 2.10. The van der Waals surface area contributed by atoms with Gasteiger partial charge in [0.25, 0.3) is 11.5 Å². The summed E-state index contributed by atoms with van der Waals surface area (Å²) in [7, 11) is 0. The summed E-state index contributed by atoms with van der Waals surface area (Å²) < 4.78 is 3.16. The molecule has 7 nitrogen and oxygen atoms in total. The summed E-state index contributed by atoms with van der Waals surface area (Å²) in [4.78, 5) is 24.1. The molecule has 26 heavy (non-hydrogen) atoms. The number of hydrogen-bond acceptors (Lipinski definition) is 4. The predicted molar refractivity (Wildman–Crippen MR) is 97.7 cm³/mol. The summed E-state index contributed by atoms with van der Waals surface area (Å²) >= 11 is 0. The minimum Gasteiger partial charge on any atom is -0.347 e. The number of carbonyl (C=O) groups excluding carboxylic acids is 1. The topological polar surface area (TPSA) is 81.8 Å². The van der Waals surface area contributed by atoms with Gasteiger partial charge in [-0.15, -0.1) is 0 Å². The van der Waals surface area contributed by atoms with Crippen LogP contribution in [0.2, 0.25) is 0 Å². The average molecular weight is 351 g/mol. The first-order chi connectivity index (χ1) is 12.7. The molecule has 0 unspecified atom stereocenters. The Kier molecular flexibility index (Phi) is 5.58. The van der Waals surface area contributed by atoms with Crippen LogP contribution in [0, 0.1) is 0 Å². The van der Waals surface area contributed by atoms with Gasteiger partial charge in [0.2, 0.25) is 0 Å². The van der Waals surface area contributed by atoms with E-state index in [4.69, 9.17) is 0 Å². The van der Waals surface area contributed by atoms with Crippen LogP contribution < -0.4 is 10.9 Å². The fourth-order valence-electron chi connectivity index (χ4n) is 2.66. The van der Waals surface area contributed by atoms with Crippen LogP contribution in [-0.4, -0.2) is 25.5 Å². The molecule has 2 heterocycles. The van der Waals surface area contributed by atoms with E-state index in [1.807, 2.05) is 48.1 Å². The third-order valence-electron chi connectivity index (χ3n) is 3.98. The van der Waals surface area contributed by atoms with Crippen LogP contribution in [0.1, 0.15) is 35.0 Å². The lowest BCUT2D eigenvalue weighted by Gasteiger charge is -2.11. The molecule has 1 amide bonds. The SMILES string of the molecule is CCCn1nc(C(=O)NCc2ccccc2Cn2cccn2)ccc1=O. The van der Waals surface area contributed by atoms with Crippen molar-refractivity contribution in [1.29, 1.82) is 0 Å². The highest BCUT2D eigenvalue weighted by molar-refractivity contribution is 5.91. The van der Waals surface area contributed by atoms with Gasteiger partial charge in [0, 0.05) is 31.5 Å². The van der Waals surface area contributed by atoms with Crippen LogP contribution in [0.25, 0.3) is 0 Å². The molecule has 0 aliphatic rings. The van der Waals surface area contributed by atoms with Gasteiger partial charge in [-0.05, 0) is 29.7 Å². The Morgan fingerprint density at radius 3 is 2.65 bits per heavy atom. The lowest BCUT2D eigenvalue weighted by molar-refractivity contribution is 0.0943. The van der Waals surface area contributed by atoms with E-state index >= 15 is 0 Å². The van der Waals surface area contributed by atoms with Crippen molar-refractivity contribution in [2.24, 2.45) is 0 Å². The molecule has 0 saturated heterocycles. The summed E-state index contributed by atoms with van der Waals surface area (Å²) in [5.41, 5.74) is 2.13. The molecule has 1 N–H and O–H groups in total. The Morgan fingerprint density at radius 1 is 1.12 bits per heavy atom. The quantitative estimate of drug-likeness (QED) is 0.704. The monoisotopic (exact) mass is 351 g/mol. The van der Waals surface area contributed by atoms with E-state index in [1.54, 1.807) is 6.20 Å². The number of aromatic nitrogens is 4. The molecular weight excluding hydrogens is 330 g/mol. The van der Waals surface area contributed by atoms with Crippen molar-refractivity contribution < 1.29 is 4.79 Å². The zero-order valence-corrected chi connectivity index (χ0v) is 14.6. The largest absolute Gasteiger partial charge is 0.347 e. The first-order valence-corrected chi connectivity index (χ1v) is 8.58. The Balaban J connectivity index is 1.70. The summed E-state index contributed by atoms with van der Waals surface area (Å²) in [6, 6.07) is 12.6. The molecule has 0 fully saturated rings. The Hall–Kier alpha value is -3.22. The lowest BCUT2D eigenvalue weighted by Crippen LogP contribution is -2.29. The van der Waals surface area contributed by atoms with Gasteiger partial charge in [-0.1, -0.05) is 31.2 Å². The fraction of sp³-hybridized carbons (Fsp3) is 0.263. The van der Waals surface area contributed by atoms with Gasteiger partial charge in [0.1, 0.15) is 5.69 Å². The molecule has 1 aromatic carbocycles. The number of nitrogens with one attached hydrogen (secondary N) is 1. The van der Waals surface area contributed by atoms with Gasteiger partial charge in [-0.2, -0.15) is 10.2 Å². The zero-order chi connectivity index (χ0) is 18.4. The third-order valence-corrected chi connectivity index (χ3v) is 3.98. The molecular formula is C19H21N5O2. The van der Waals surface area contributed by atoms with Crippen LogP contribution in [0.5, 0.6) is 0 Å². The molecule has 0 radical (unpaired) electrons. The van der Waals surface area contributed by atoms with Crippen LogP contribution in [0.15, 0.2) is 59.7 Å². The van der Waals surface area contributed by atoms with E-state index in [1.165, 1.54) is 16.8 Å². The average Bonchev–Trinajstić information content (AvgIpc) is 3.16. The highest BCUT2D eigenvalue weighted by Crippen LogP contribution is 2.10. The molecule has 134 valence electrons. The molecule has 7 heteroatoms. The number of aryl methyl sites for hydroxylation is 1. The lowest BCUT2D eigenvalue weighted by atomic mass is 10.1. The maximum absolute atomic E-state index is 12.4. The van der Waals surface area contributed by atoms with Crippen molar-refractivity contribution >= 4 is 5.91 Å². The van der Waals surface area contributed by atoms with E-state index in [-0.39, 0.29) is 17.2 Å². The minimum atomic E-state index is -0.302. The van der Waals surface area contributed by atoms with Crippen LogP contribution in [0.3, 0.4) is 0 Å². The Morgan fingerprint density at radius 2 is 1.92 bits per heavy atom. The smallest absolute Gasteiger partial charge is 0.271 e. The van der Waals surface area contributed by atoms with Crippen molar-refractivity contribution in [3.05, 3.63) is 82.0 Å². The predicted octanol–water partition coefficient (Wildman–Crippen LogP) is 1.83. The normalized spacial score (nSPS) is 10.7. The molecule has 0 spiro atoms. The van der Waals surface area contributed by atoms with Crippen molar-refractivity contribution in [2.45, 2.75) is 33.0 Å². The second kappa shape index (κ2) is 8.24. The van der Waals surface area contributed by atoms with Crippen LogP contribution in [0.4, 0.5) is 0 Å². The first-order valence-electron chi connectivity index (χ1n) is 8.58. The molecule has 0 atom stereocenters. The molecule has 0 aliphatic heterocycles. The minimum absolute atomic E-state index is 0.201. The maximum Gasteiger partial charge on any atom is 0.271 e. The number of hydrogen-bond donors (Lipinski definition) is 1. The van der Waals surface area contributed by atoms with Gasteiger partial charge in [-0.3, -0.25) is 14.3 Å². The van der Waals surface area contributed by atoms with Crippen molar-refractivity contribution in [2.75, 3.05) is 0 Å². The summed E-state index contributed by atoms with van der Waals surface area (Å²) in [5.74, 6) is -0.302. The van der Waals surface area contributed by atoms with Crippen molar-refractivity contribution in [3.8, 4) is 0 Å². The summed E-state index contributed by atoms with van der Waals surface area (Å²) in [6.07, 6.45) is 4.41. The molecule has 0 bridgehead atoms. The number of nitrogens with zero attached hydrogens (tertiary/aromatic N) is 4. The number of amides is 1. The van der Waals surface area contributed by atoms with Crippen molar-refractivity contribution in [3.63, 3.8) is 0 Å². The first kappa shape index (κ1) is 17.6. The fourth-order valence-corrected chi connectivity index (χ4v) is 2.66. The van der Waals surface area contributed by atoms with Gasteiger partial charge >= 0.3 is 0 Å². The summed E-state index contributed by atoms with van der Waals surface area (Å²) in [6.45, 7) is 3.47. The molecule has 0 saturated carbocycles. The molecule has 2 aromatic heterocycles. The van der Waals surface area contributed by atoms with Crippen molar-refractivity contribution in [1.82, 2.24) is 24.9 Å². The van der Waals surface area contributed by atoms with E-state index < -0.39 is 0 Å². The zero-order valence-electron chi connectivity index (χ0n) is 14.6. The summed E-state index contributed by atoms with van der Waals surface area (Å²) in [5, 5.41) is 11.2.